The number of hydrogen-bond acceptors (Lipinski definition) is 5. The number of anilines is 2. The summed E-state index contributed by atoms with van der Waals surface area (Å²) in [4.78, 5) is 30.7. The molecule has 2 heterocycles. The average Bonchev–Trinajstić information content (AvgIpc) is 3.48. The van der Waals surface area contributed by atoms with Gasteiger partial charge in [-0.05, 0) is 63.0 Å². The summed E-state index contributed by atoms with van der Waals surface area (Å²) in [5, 5.41) is 0. The molecule has 174 valence electrons. The van der Waals surface area contributed by atoms with E-state index in [0.717, 1.165) is 19.5 Å². The lowest BCUT2D eigenvalue weighted by Crippen LogP contribution is -2.31. The lowest BCUT2D eigenvalue weighted by Gasteiger charge is -2.23. The van der Waals surface area contributed by atoms with Crippen LogP contribution in [-0.4, -0.2) is 56.9 Å². The molecule has 33 heavy (non-hydrogen) atoms. The lowest BCUT2D eigenvalue weighted by molar-refractivity contribution is 0.0955. The molecule has 8 heteroatoms. The van der Waals surface area contributed by atoms with E-state index in [9.17, 15) is 18.4 Å². The molecule has 1 aliphatic rings. The Morgan fingerprint density at radius 2 is 1.73 bits per heavy atom. The second-order valence-electron chi connectivity index (χ2n) is 8.32. The minimum Gasteiger partial charge on any atom is -0.447 e. The second kappa shape index (κ2) is 9.15. The third-order valence-corrected chi connectivity index (χ3v) is 6.02. The van der Waals surface area contributed by atoms with Gasteiger partial charge >= 0.3 is 0 Å². The van der Waals surface area contributed by atoms with Gasteiger partial charge in [0, 0.05) is 33.3 Å². The lowest BCUT2D eigenvalue weighted by atomic mass is 10.1. The molecule has 0 aliphatic carbocycles. The highest BCUT2D eigenvalue weighted by Gasteiger charge is 2.27. The fourth-order valence-corrected chi connectivity index (χ4v) is 3.98. The third kappa shape index (κ3) is 4.52. The van der Waals surface area contributed by atoms with E-state index >= 15 is 0 Å². The summed E-state index contributed by atoms with van der Waals surface area (Å²) in [5.74, 6) is -2.55. The van der Waals surface area contributed by atoms with Crippen LogP contribution in [0.25, 0.3) is 0 Å². The molecule has 2 aromatic carbocycles. The molecule has 0 bridgehead atoms. The van der Waals surface area contributed by atoms with Crippen LogP contribution in [0.4, 0.5) is 20.2 Å². The molecular formula is C25H27F2N3O3. The standard InChI is InChI=1S/C25H25F2N3O3.H2/c1-28(2)17-12-13-30(15-17)21-9-8-16(14-20(21)27)29(3)25(32)23-11-10-22(33-23)24(31)18-6-4-5-7-19(18)26;/h4-11,14,17H,12-13,15H2,1-3H3;1H. The SMILES string of the molecule is CN(C(=O)c1ccc(C(=O)c2ccccc2F)o1)c1ccc(N2CCC(N(C)C)C2)c(F)c1.[HH]. The van der Waals surface area contributed by atoms with Crippen LogP contribution in [0.3, 0.4) is 0 Å². The molecule has 1 unspecified atom stereocenters. The molecule has 1 saturated heterocycles. The second-order valence-corrected chi connectivity index (χ2v) is 8.32. The van der Waals surface area contributed by atoms with Gasteiger partial charge in [0.15, 0.2) is 11.5 Å². The van der Waals surface area contributed by atoms with Crippen LogP contribution in [0, 0.1) is 11.6 Å². The number of nitrogens with zero attached hydrogens (tertiary/aromatic N) is 3. The predicted molar refractivity (Wildman–Crippen MR) is 124 cm³/mol. The van der Waals surface area contributed by atoms with E-state index in [1.54, 1.807) is 18.2 Å². The van der Waals surface area contributed by atoms with Gasteiger partial charge < -0.3 is 19.1 Å². The van der Waals surface area contributed by atoms with Crippen molar-refractivity contribution in [1.29, 1.82) is 0 Å². The smallest absolute Gasteiger partial charge is 0.293 e. The van der Waals surface area contributed by atoms with Crippen LogP contribution in [0.2, 0.25) is 0 Å². The van der Waals surface area contributed by atoms with Crippen molar-refractivity contribution in [3.05, 3.63) is 83.3 Å². The van der Waals surface area contributed by atoms with Crippen LogP contribution in [0.15, 0.2) is 59.0 Å². The summed E-state index contributed by atoms with van der Waals surface area (Å²) < 4.78 is 34.2. The molecule has 1 fully saturated rings. The maximum atomic E-state index is 14.9. The maximum absolute atomic E-state index is 14.9. The van der Waals surface area contributed by atoms with Gasteiger partial charge in [0.25, 0.3) is 5.91 Å². The minimum atomic E-state index is -0.672. The first-order valence-corrected chi connectivity index (χ1v) is 10.6. The highest BCUT2D eigenvalue weighted by Crippen LogP contribution is 2.29. The normalized spacial score (nSPS) is 15.8. The zero-order chi connectivity index (χ0) is 23.7. The van der Waals surface area contributed by atoms with Gasteiger partial charge in [-0.25, -0.2) is 8.78 Å². The van der Waals surface area contributed by atoms with E-state index in [4.69, 9.17) is 4.42 Å². The largest absolute Gasteiger partial charge is 0.447 e. The zero-order valence-electron chi connectivity index (χ0n) is 18.7. The predicted octanol–water partition coefficient (Wildman–Crippen LogP) is 4.45. The summed E-state index contributed by atoms with van der Waals surface area (Å²) >= 11 is 0. The summed E-state index contributed by atoms with van der Waals surface area (Å²) in [5.41, 5.74) is 0.706. The van der Waals surface area contributed by atoms with Crippen molar-refractivity contribution in [2.24, 2.45) is 0 Å². The number of carbonyl (C=O) groups excluding carboxylic acids is 2. The molecule has 6 nitrogen and oxygen atoms in total. The third-order valence-electron chi connectivity index (χ3n) is 6.02. The molecule has 0 spiro atoms. The van der Waals surface area contributed by atoms with E-state index in [1.807, 2.05) is 19.0 Å². The Hall–Kier alpha value is -3.52. The Morgan fingerprint density at radius 3 is 2.39 bits per heavy atom. The number of carbonyl (C=O) groups is 2. The fourth-order valence-electron chi connectivity index (χ4n) is 3.98. The molecule has 3 aromatic rings. The van der Waals surface area contributed by atoms with Crippen molar-refractivity contribution >= 4 is 23.1 Å². The Morgan fingerprint density at radius 1 is 1.00 bits per heavy atom. The van der Waals surface area contributed by atoms with Crippen LogP contribution < -0.4 is 9.80 Å². The van der Waals surface area contributed by atoms with Crippen molar-refractivity contribution in [1.82, 2.24) is 4.90 Å². The number of furan rings is 1. The topological polar surface area (TPSA) is 57.0 Å². The van der Waals surface area contributed by atoms with Gasteiger partial charge in [-0.3, -0.25) is 9.59 Å². The molecule has 0 N–H and O–H groups in total. The molecule has 1 amide bonds. The van der Waals surface area contributed by atoms with E-state index in [0.29, 0.717) is 17.4 Å². The van der Waals surface area contributed by atoms with Gasteiger partial charge in [-0.2, -0.15) is 0 Å². The average molecular weight is 456 g/mol. The molecule has 0 saturated carbocycles. The first-order chi connectivity index (χ1) is 15.8. The van der Waals surface area contributed by atoms with Gasteiger partial charge in [0.2, 0.25) is 5.78 Å². The van der Waals surface area contributed by atoms with Crippen LogP contribution >= 0.6 is 0 Å². The number of amides is 1. The highest BCUT2D eigenvalue weighted by molar-refractivity contribution is 6.09. The molecular weight excluding hydrogens is 428 g/mol. The quantitative estimate of drug-likeness (QED) is 0.514. The number of likely N-dealkylation sites (N-methyl/N-ethyl adjacent to an activating group) is 1. The highest BCUT2D eigenvalue weighted by atomic mass is 19.1. The van der Waals surface area contributed by atoms with Crippen LogP contribution in [-0.2, 0) is 0 Å². The van der Waals surface area contributed by atoms with Crippen molar-refractivity contribution in [3.8, 4) is 0 Å². The fraction of sp³-hybridized carbons (Fsp3) is 0.280. The summed E-state index contributed by atoms with van der Waals surface area (Å²) in [7, 11) is 5.52. The molecule has 1 aliphatic heterocycles. The summed E-state index contributed by atoms with van der Waals surface area (Å²) in [6, 6.07) is 13.2. The monoisotopic (exact) mass is 455 g/mol. The number of hydrogen-bond donors (Lipinski definition) is 0. The van der Waals surface area contributed by atoms with Crippen LogP contribution in [0.1, 0.15) is 34.5 Å². The van der Waals surface area contributed by atoms with Gasteiger partial charge in [-0.15, -0.1) is 0 Å². The Labute approximate surface area is 192 Å². The Balaban J connectivity index is 0.00000324. The van der Waals surface area contributed by atoms with Crippen LogP contribution in [0.5, 0.6) is 0 Å². The molecule has 0 radical (unpaired) electrons. The van der Waals surface area contributed by atoms with E-state index in [-0.39, 0.29) is 18.5 Å². The number of ketones is 1. The van der Waals surface area contributed by atoms with Crippen molar-refractivity contribution in [3.63, 3.8) is 0 Å². The van der Waals surface area contributed by atoms with Gasteiger partial charge in [-0.1, -0.05) is 12.1 Å². The van der Waals surface area contributed by atoms with E-state index in [1.165, 1.54) is 48.3 Å². The maximum Gasteiger partial charge on any atom is 0.293 e. The van der Waals surface area contributed by atoms with E-state index in [2.05, 4.69) is 4.90 Å². The molecule has 4 rings (SSSR count). The first kappa shape index (κ1) is 22.7. The van der Waals surface area contributed by atoms with Crippen molar-refractivity contribution < 1.29 is 24.2 Å². The molecule has 1 aromatic heterocycles. The number of rotatable bonds is 6. The van der Waals surface area contributed by atoms with Crippen molar-refractivity contribution in [2.75, 3.05) is 44.0 Å². The summed E-state index contributed by atoms with van der Waals surface area (Å²) in [6.07, 6.45) is 0.957. The van der Waals surface area contributed by atoms with E-state index < -0.39 is 23.3 Å². The Kier molecular flexibility index (Phi) is 6.29. The summed E-state index contributed by atoms with van der Waals surface area (Å²) in [6.45, 7) is 1.50. The minimum absolute atomic E-state index is 0. The molecule has 1 atom stereocenters. The zero-order valence-corrected chi connectivity index (χ0v) is 18.7. The Bertz CT molecular complexity index is 1200. The van der Waals surface area contributed by atoms with Gasteiger partial charge in [0.05, 0.1) is 11.3 Å². The number of halogens is 2. The number of benzene rings is 2. The first-order valence-electron chi connectivity index (χ1n) is 10.6. The van der Waals surface area contributed by atoms with Crippen molar-refractivity contribution in [2.45, 2.75) is 12.5 Å². The van der Waals surface area contributed by atoms with Gasteiger partial charge in [0.1, 0.15) is 11.6 Å².